The minimum atomic E-state index is -0.722. The molecule has 1 aliphatic rings. The number of hydrogen-bond donors (Lipinski definition) is 2. The number of nitrogens with zero attached hydrogens (tertiary/aromatic N) is 1. The molecule has 0 bridgehead atoms. The molecule has 82 valence electrons. The monoisotopic (exact) mass is 200 g/mol. The highest BCUT2D eigenvalue weighted by atomic mass is 16.4. The van der Waals surface area contributed by atoms with E-state index in [2.05, 4.69) is 11.9 Å². The van der Waals surface area contributed by atoms with Gasteiger partial charge >= 0.3 is 5.97 Å². The average Bonchev–Trinajstić information content (AvgIpc) is 2.51. The molecule has 2 atom stereocenters. The Bertz CT molecular complexity index is 197. The number of rotatable bonds is 5. The average molecular weight is 200 g/mol. The fraction of sp³-hybridized carbons (Fsp3) is 0.900. The standard InChI is InChI=1S/C10H20N2O2/c1-12-6-5-8(7-12)9(11)3-2-4-10(13)14/h8-9H,2-7,11H2,1H3,(H,13,14). The first-order valence-corrected chi connectivity index (χ1v) is 5.25. The quantitative estimate of drug-likeness (QED) is 0.679. The number of carbonyl (C=O) groups is 1. The fourth-order valence-corrected chi connectivity index (χ4v) is 2.04. The molecule has 4 heteroatoms. The number of carboxylic acids is 1. The Morgan fingerprint density at radius 2 is 2.43 bits per heavy atom. The van der Waals surface area contributed by atoms with E-state index >= 15 is 0 Å². The molecule has 1 aliphatic heterocycles. The molecular formula is C10H20N2O2. The Morgan fingerprint density at radius 3 is 2.93 bits per heavy atom. The second-order valence-corrected chi connectivity index (χ2v) is 4.26. The minimum Gasteiger partial charge on any atom is -0.481 e. The van der Waals surface area contributed by atoms with Crippen molar-refractivity contribution in [2.24, 2.45) is 11.7 Å². The van der Waals surface area contributed by atoms with Crippen molar-refractivity contribution in [2.45, 2.75) is 31.7 Å². The number of aliphatic carboxylic acids is 1. The lowest BCUT2D eigenvalue weighted by molar-refractivity contribution is -0.137. The van der Waals surface area contributed by atoms with Crippen LogP contribution in [0.1, 0.15) is 25.7 Å². The number of hydrogen-bond acceptors (Lipinski definition) is 3. The number of carboxylic acid groups (broad SMARTS) is 1. The van der Waals surface area contributed by atoms with Crippen LogP contribution in [0.25, 0.3) is 0 Å². The minimum absolute atomic E-state index is 0.180. The molecule has 14 heavy (non-hydrogen) atoms. The lowest BCUT2D eigenvalue weighted by Gasteiger charge is -2.18. The van der Waals surface area contributed by atoms with Gasteiger partial charge in [0.1, 0.15) is 0 Å². The highest BCUT2D eigenvalue weighted by Crippen LogP contribution is 2.19. The summed E-state index contributed by atoms with van der Waals surface area (Å²) in [6.45, 7) is 2.19. The van der Waals surface area contributed by atoms with Crippen molar-refractivity contribution in [3.05, 3.63) is 0 Å². The summed E-state index contributed by atoms with van der Waals surface area (Å²) in [6.07, 6.45) is 2.95. The van der Waals surface area contributed by atoms with Gasteiger partial charge in [-0.25, -0.2) is 0 Å². The maximum atomic E-state index is 10.3. The molecule has 3 N–H and O–H groups in total. The first kappa shape index (κ1) is 11.5. The summed E-state index contributed by atoms with van der Waals surface area (Å²) in [5.41, 5.74) is 6.01. The summed E-state index contributed by atoms with van der Waals surface area (Å²) in [7, 11) is 2.10. The van der Waals surface area contributed by atoms with Crippen molar-refractivity contribution < 1.29 is 9.90 Å². The van der Waals surface area contributed by atoms with Crippen molar-refractivity contribution in [2.75, 3.05) is 20.1 Å². The maximum absolute atomic E-state index is 10.3. The zero-order valence-electron chi connectivity index (χ0n) is 8.78. The Balaban J connectivity index is 2.15. The summed E-state index contributed by atoms with van der Waals surface area (Å²) in [5.74, 6) is -0.158. The first-order chi connectivity index (χ1) is 6.59. The molecule has 1 heterocycles. The van der Waals surface area contributed by atoms with Gasteiger partial charge in [-0.3, -0.25) is 4.79 Å². The summed E-state index contributed by atoms with van der Waals surface area (Å²) in [6, 6.07) is 0.180. The van der Waals surface area contributed by atoms with Gasteiger partial charge in [0.25, 0.3) is 0 Å². The van der Waals surface area contributed by atoms with Crippen LogP contribution in [-0.4, -0.2) is 42.2 Å². The van der Waals surface area contributed by atoms with Gasteiger partial charge in [0.2, 0.25) is 0 Å². The molecule has 2 unspecified atom stereocenters. The second-order valence-electron chi connectivity index (χ2n) is 4.26. The summed E-state index contributed by atoms with van der Waals surface area (Å²) in [5, 5.41) is 8.48. The highest BCUT2D eigenvalue weighted by Gasteiger charge is 2.24. The van der Waals surface area contributed by atoms with E-state index in [4.69, 9.17) is 10.8 Å². The molecule has 0 aliphatic carbocycles. The molecular weight excluding hydrogens is 180 g/mol. The van der Waals surface area contributed by atoms with E-state index in [1.54, 1.807) is 0 Å². The normalized spacial score (nSPS) is 25.1. The molecule has 0 amide bonds. The smallest absolute Gasteiger partial charge is 0.303 e. The van der Waals surface area contributed by atoms with Crippen molar-refractivity contribution >= 4 is 5.97 Å². The number of nitrogens with two attached hydrogens (primary N) is 1. The second kappa shape index (κ2) is 5.32. The van der Waals surface area contributed by atoms with Crippen LogP contribution in [0.15, 0.2) is 0 Å². The van der Waals surface area contributed by atoms with Crippen molar-refractivity contribution in [3.63, 3.8) is 0 Å². The van der Waals surface area contributed by atoms with Gasteiger partial charge in [-0.15, -0.1) is 0 Å². The van der Waals surface area contributed by atoms with E-state index in [1.165, 1.54) is 0 Å². The zero-order chi connectivity index (χ0) is 10.6. The summed E-state index contributed by atoms with van der Waals surface area (Å²) < 4.78 is 0. The third-order valence-corrected chi connectivity index (χ3v) is 2.96. The van der Waals surface area contributed by atoms with Gasteiger partial charge in [-0.1, -0.05) is 0 Å². The van der Waals surface area contributed by atoms with Crippen LogP contribution in [0, 0.1) is 5.92 Å². The van der Waals surface area contributed by atoms with E-state index in [-0.39, 0.29) is 12.5 Å². The molecule has 1 rings (SSSR count). The SMILES string of the molecule is CN1CCC(C(N)CCCC(=O)O)C1. The van der Waals surface area contributed by atoms with Crippen LogP contribution in [0.5, 0.6) is 0 Å². The molecule has 0 radical (unpaired) electrons. The highest BCUT2D eigenvalue weighted by molar-refractivity contribution is 5.66. The van der Waals surface area contributed by atoms with Gasteiger partial charge in [0, 0.05) is 19.0 Å². The molecule has 1 fully saturated rings. The molecule has 1 saturated heterocycles. The van der Waals surface area contributed by atoms with E-state index in [0.29, 0.717) is 12.3 Å². The first-order valence-electron chi connectivity index (χ1n) is 5.25. The predicted molar refractivity (Wildman–Crippen MR) is 55.1 cm³/mol. The van der Waals surface area contributed by atoms with Crippen LogP contribution in [0.2, 0.25) is 0 Å². The molecule has 0 aromatic heterocycles. The van der Waals surface area contributed by atoms with E-state index in [9.17, 15) is 4.79 Å². The van der Waals surface area contributed by atoms with Gasteiger partial charge in [-0.05, 0) is 38.8 Å². The lowest BCUT2D eigenvalue weighted by Crippen LogP contribution is -2.31. The van der Waals surface area contributed by atoms with Crippen molar-refractivity contribution in [3.8, 4) is 0 Å². The Hall–Kier alpha value is -0.610. The molecule has 0 saturated carbocycles. The molecule has 0 spiro atoms. The molecule has 0 aromatic carbocycles. The third kappa shape index (κ3) is 3.64. The summed E-state index contributed by atoms with van der Waals surface area (Å²) in [4.78, 5) is 12.6. The van der Waals surface area contributed by atoms with Gasteiger partial charge < -0.3 is 15.7 Å². The topological polar surface area (TPSA) is 66.6 Å². The lowest BCUT2D eigenvalue weighted by atomic mass is 9.95. The van der Waals surface area contributed by atoms with E-state index < -0.39 is 5.97 Å². The van der Waals surface area contributed by atoms with Crippen molar-refractivity contribution in [1.29, 1.82) is 0 Å². The Labute approximate surface area is 85.1 Å². The van der Waals surface area contributed by atoms with Crippen LogP contribution in [0.3, 0.4) is 0 Å². The van der Waals surface area contributed by atoms with Crippen molar-refractivity contribution in [1.82, 2.24) is 4.90 Å². The van der Waals surface area contributed by atoms with Crippen LogP contribution >= 0.6 is 0 Å². The van der Waals surface area contributed by atoms with E-state index in [1.807, 2.05) is 0 Å². The molecule has 0 aromatic rings. The van der Waals surface area contributed by atoms with Gasteiger partial charge in [0.15, 0.2) is 0 Å². The van der Waals surface area contributed by atoms with Crippen LogP contribution in [-0.2, 0) is 4.79 Å². The summed E-state index contributed by atoms with van der Waals surface area (Å²) >= 11 is 0. The number of likely N-dealkylation sites (tertiary alicyclic amines) is 1. The predicted octanol–water partition coefficient (Wildman–Crippen LogP) is 0.520. The third-order valence-electron chi connectivity index (χ3n) is 2.96. The van der Waals surface area contributed by atoms with Gasteiger partial charge in [-0.2, -0.15) is 0 Å². The molecule has 4 nitrogen and oxygen atoms in total. The fourth-order valence-electron chi connectivity index (χ4n) is 2.04. The zero-order valence-corrected chi connectivity index (χ0v) is 8.78. The maximum Gasteiger partial charge on any atom is 0.303 e. The van der Waals surface area contributed by atoms with Crippen LogP contribution < -0.4 is 5.73 Å². The van der Waals surface area contributed by atoms with Crippen LogP contribution in [0.4, 0.5) is 0 Å². The van der Waals surface area contributed by atoms with E-state index in [0.717, 1.165) is 25.9 Å². The largest absolute Gasteiger partial charge is 0.481 e. The Kier molecular flexibility index (Phi) is 4.35. The van der Waals surface area contributed by atoms with Gasteiger partial charge in [0.05, 0.1) is 0 Å². The Morgan fingerprint density at radius 1 is 1.71 bits per heavy atom.